The second-order valence-electron chi connectivity index (χ2n) is 6.22. The second kappa shape index (κ2) is 6.85. The molecular weight excluding hydrogens is 336 g/mol. The van der Waals surface area contributed by atoms with Gasteiger partial charge in [-0.15, -0.1) is 0 Å². The molecule has 4 rings (SSSR count). The molecule has 0 aromatic carbocycles. The average molecular weight is 356 g/mol. The number of rotatable bonds is 5. The third kappa shape index (κ3) is 3.38. The van der Waals surface area contributed by atoms with Crippen molar-refractivity contribution in [2.45, 2.75) is 32.6 Å². The summed E-state index contributed by atoms with van der Waals surface area (Å²) in [6.07, 6.45) is 3.45. The number of thiophene rings is 1. The zero-order valence-electron chi connectivity index (χ0n) is 14.0. The highest BCUT2D eigenvalue weighted by molar-refractivity contribution is 7.07. The Labute approximate surface area is 150 Å². The van der Waals surface area contributed by atoms with Gasteiger partial charge in [0.05, 0.1) is 18.8 Å². The summed E-state index contributed by atoms with van der Waals surface area (Å²) >= 11 is 1.72. The zero-order chi connectivity index (χ0) is 17.2. The van der Waals surface area contributed by atoms with Gasteiger partial charge in [0.25, 0.3) is 5.91 Å². The molecule has 0 radical (unpaired) electrons. The predicted octanol–water partition coefficient (Wildman–Crippen LogP) is 3.04. The van der Waals surface area contributed by atoms with E-state index in [0.717, 1.165) is 31.2 Å². The van der Waals surface area contributed by atoms with Crippen LogP contribution in [0.2, 0.25) is 0 Å². The quantitative estimate of drug-likeness (QED) is 0.763. The number of aromatic nitrogens is 2. The molecule has 1 aliphatic heterocycles. The van der Waals surface area contributed by atoms with Crippen molar-refractivity contribution in [1.29, 1.82) is 0 Å². The molecule has 6 nitrogen and oxygen atoms in total. The van der Waals surface area contributed by atoms with Crippen LogP contribution >= 0.6 is 11.3 Å². The highest BCUT2D eigenvalue weighted by Gasteiger charge is 2.27. The lowest BCUT2D eigenvalue weighted by Gasteiger charge is -2.33. The summed E-state index contributed by atoms with van der Waals surface area (Å²) in [5.74, 6) is 1.51. The van der Waals surface area contributed by atoms with Crippen LogP contribution < -0.4 is 5.32 Å². The summed E-state index contributed by atoms with van der Waals surface area (Å²) in [5, 5.41) is 7.14. The van der Waals surface area contributed by atoms with Gasteiger partial charge >= 0.3 is 0 Å². The van der Waals surface area contributed by atoms with Crippen LogP contribution in [0.5, 0.6) is 0 Å². The Bertz CT molecular complexity index is 839. The first-order valence-corrected chi connectivity index (χ1v) is 9.28. The van der Waals surface area contributed by atoms with Crippen LogP contribution in [-0.4, -0.2) is 26.9 Å². The average Bonchev–Trinajstić information content (AvgIpc) is 3.37. The number of amides is 1. The fourth-order valence-corrected chi connectivity index (χ4v) is 3.81. The fraction of sp³-hybridized carbons (Fsp3) is 0.333. The molecule has 0 unspecified atom stereocenters. The van der Waals surface area contributed by atoms with Gasteiger partial charge in [-0.05, 0) is 41.4 Å². The van der Waals surface area contributed by atoms with Crippen LogP contribution in [0.4, 0.5) is 0 Å². The summed E-state index contributed by atoms with van der Waals surface area (Å²) in [6, 6.07) is 5.98. The van der Waals surface area contributed by atoms with Crippen molar-refractivity contribution < 1.29 is 9.21 Å². The number of hydrogen-bond donors (Lipinski definition) is 1. The van der Waals surface area contributed by atoms with Crippen molar-refractivity contribution in [3.63, 3.8) is 0 Å². The van der Waals surface area contributed by atoms with Crippen LogP contribution in [0.25, 0.3) is 0 Å². The smallest absolute Gasteiger partial charge is 0.271 e. The van der Waals surface area contributed by atoms with Gasteiger partial charge in [-0.25, -0.2) is 4.98 Å². The molecule has 4 heterocycles. The molecule has 130 valence electrons. The van der Waals surface area contributed by atoms with Crippen LogP contribution in [0.15, 0.2) is 45.8 Å². The summed E-state index contributed by atoms with van der Waals surface area (Å²) in [7, 11) is 0. The van der Waals surface area contributed by atoms with E-state index in [2.05, 4.69) is 43.5 Å². The number of hydrogen-bond acceptors (Lipinski definition) is 5. The maximum Gasteiger partial charge on any atom is 0.271 e. The Balaban J connectivity index is 1.44. The van der Waals surface area contributed by atoms with Crippen molar-refractivity contribution in [3.05, 3.63) is 64.3 Å². The summed E-state index contributed by atoms with van der Waals surface area (Å²) in [6.45, 7) is 5.23. The van der Waals surface area contributed by atoms with Crippen molar-refractivity contribution in [2.75, 3.05) is 6.54 Å². The Morgan fingerprint density at radius 3 is 3.12 bits per heavy atom. The van der Waals surface area contributed by atoms with Gasteiger partial charge < -0.3 is 14.3 Å². The lowest BCUT2D eigenvalue weighted by atomic mass is 10.2. The molecular formula is C18H20N4O2S. The van der Waals surface area contributed by atoms with Gasteiger partial charge in [-0.3, -0.25) is 9.69 Å². The van der Waals surface area contributed by atoms with E-state index in [0.29, 0.717) is 12.2 Å². The molecule has 7 heteroatoms. The Kier molecular flexibility index (Phi) is 4.42. The van der Waals surface area contributed by atoms with Gasteiger partial charge in [-0.2, -0.15) is 11.3 Å². The molecule has 0 aliphatic carbocycles. The number of nitrogens with zero attached hydrogens (tertiary/aromatic N) is 3. The van der Waals surface area contributed by atoms with Crippen molar-refractivity contribution >= 4 is 17.2 Å². The molecule has 0 fully saturated rings. The first-order chi connectivity index (χ1) is 12.2. The largest absolute Gasteiger partial charge is 0.467 e. The third-order valence-electron chi connectivity index (χ3n) is 4.56. The molecule has 1 atom stereocenters. The lowest BCUT2D eigenvalue weighted by molar-refractivity contribution is 0.0943. The molecule has 0 saturated carbocycles. The number of nitrogens with one attached hydrogen (secondary N) is 1. The number of fused-ring (bicyclic) bond motifs is 1. The van der Waals surface area contributed by atoms with Gasteiger partial charge in [0, 0.05) is 25.8 Å². The van der Waals surface area contributed by atoms with E-state index in [-0.39, 0.29) is 11.9 Å². The molecule has 3 aromatic rings. The first kappa shape index (κ1) is 16.1. The molecule has 0 bridgehead atoms. The minimum absolute atomic E-state index is 0.171. The van der Waals surface area contributed by atoms with E-state index in [1.807, 2.05) is 12.3 Å². The van der Waals surface area contributed by atoms with E-state index in [1.54, 1.807) is 23.7 Å². The van der Waals surface area contributed by atoms with E-state index in [4.69, 9.17) is 4.42 Å². The van der Waals surface area contributed by atoms with Crippen LogP contribution in [0.3, 0.4) is 0 Å². The number of carbonyl (C=O) groups excluding carboxylic acids is 1. The SMILES string of the molecule is C[C@H]1c2nc(C(=O)NCc3ccco3)cn2CCN1Cc1ccsc1. The zero-order valence-corrected chi connectivity index (χ0v) is 14.8. The van der Waals surface area contributed by atoms with Crippen LogP contribution in [0.1, 0.15) is 40.6 Å². The maximum absolute atomic E-state index is 12.4. The Morgan fingerprint density at radius 1 is 1.44 bits per heavy atom. The van der Waals surface area contributed by atoms with Crippen molar-refractivity contribution in [3.8, 4) is 0 Å². The molecule has 25 heavy (non-hydrogen) atoms. The van der Waals surface area contributed by atoms with Gasteiger partial charge in [0.15, 0.2) is 0 Å². The molecule has 1 N–H and O–H groups in total. The Morgan fingerprint density at radius 2 is 2.36 bits per heavy atom. The summed E-state index contributed by atoms with van der Waals surface area (Å²) in [4.78, 5) is 19.4. The monoisotopic (exact) mass is 356 g/mol. The van der Waals surface area contributed by atoms with Crippen LogP contribution in [-0.2, 0) is 19.6 Å². The van der Waals surface area contributed by atoms with Gasteiger partial charge in [-0.1, -0.05) is 0 Å². The number of imidazole rings is 1. The highest BCUT2D eigenvalue weighted by atomic mass is 32.1. The normalized spacial score (nSPS) is 17.4. The summed E-state index contributed by atoms with van der Waals surface area (Å²) in [5.41, 5.74) is 1.79. The van der Waals surface area contributed by atoms with Gasteiger partial charge in [0.1, 0.15) is 17.3 Å². The molecule has 1 amide bonds. The van der Waals surface area contributed by atoms with Crippen LogP contribution in [0, 0.1) is 0 Å². The maximum atomic E-state index is 12.4. The minimum atomic E-state index is -0.171. The van der Waals surface area contributed by atoms with E-state index in [9.17, 15) is 4.79 Å². The molecule has 0 spiro atoms. The molecule has 1 aliphatic rings. The standard InChI is InChI=1S/C18H20N4O2S/c1-13-17-20-16(18(23)19-9-15-3-2-7-24-15)11-22(17)6-5-21(13)10-14-4-8-25-12-14/h2-4,7-8,11-13H,5-6,9-10H2,1H3,(H,19,23)/t13-/m0/s1. The minimum Gasteiger partial charge on any atom is -0.467 e. The van der Waals surface area contributed by atoms with Gasteiger partial charge in [0.2, 0.25) is 0 Å². The first-order valence-electron chi connectivity index (χ1n) is 8.33. The second-order valence-corrected chi connectivity index (χ2v) is 7.00. The fourth-order valence-electron chi connectivity index (χ4n) is 3.15. The predicted molar refractivity (Wildman–Crippen MR) is 95.2 cm³/mol. The number of carbonyl (C=O) groups is 1. The lowest BCUT2D eigenvalue weighted by Crippen LogP contribution is -2.36. The summed E-state index contributed by atoms with van der Waals surface area (Å²) < 4.78 is 7.33. The molecule has 3 aromatic heterocycles. The van der Waals surface area contributed by atoms with E-state index < -0.39 is 0 Å². The topological polar surface area (TPSA) is 63.3 Å². The Hall–Kier alpha value is -2.38. The van der Waals surface area contributed by atoms with Crippen molar-refractivity contribution in [2.24, 2.45) is 0 Å². The van der Waals surface area contributed by atoms with E-state index >= 15 is 0 Å². The molecule has 0 saturated heterocycles. The van der Waals surface area contributed by atoms with Crippen molar-refractivity contribution in [1.82, 2.24) is 19.8 Å². The third-order valence-corrected chi connectivity index (χ3v) is 5.29. The highest BCUT2D eigenvalue weighted by Crippen LogP contribution is 2.26. The van der Waals surface area contributed by atoms with E-state index in [1.165, 1.54) is 5.56 Å². The number of furan rings is 1.